The molecule has 0 aliphatic carbocycles. The number of nitrogens with zero attached hydrogens (tertiary/aromatic N) is 1. The van der Waals surface area contributed by atoms with Crippen molar-refractivity contribution in [2.45, 2.75) is 25.4 Å². The molecule has 1 aromatic carbocycles. The van der Waals surface area contributed by atoms with E-state index in [-0.39, 0.29) is 42.7 Å². The molecule has 1 aliphatic heterocycles. The average Bonchev–Trinajstić information content (AvgIpc) is 3.16. The van der Waals surface area contributed by atoms with Crippen LogP contribution in [0.5, 0.6) is 0 Å². The van der Waals surface area contributed by atoms with Crippen LogP contribution in [-0.2, 0) is 9.59 Å². The summed E-state index contributed by atoms with van der Waals surface area (Å²) in [5.41, 5.74) is 0.946. The van der Waals surface area contributed by atoms with Crippen LogP contribution in [0.3, 0.4) is 0 Å². The van der Waals surface area contributed by atoms with Crippen LogP contribution in [0.25, 0.3) is 0 Å². The lowest BCUT2D eigenvalue weighted by Crippen LogP contribution is -2.49. The minimum absolute atomic E-state index is 0. The Morgan fingerprint density at radius 1 is 1.33 bits per heavy atom. The van der Waals surface area contributed by atoms with Gasteiger partial charge in [0, 0.05) is 36.5 Å². The fourth-order valence-corrected chi connectivity index (χ4v) is 4.32. The number of nitrogens with one attached hydrogen (secondary N) is 2. The summed E-state index contributed by atoms with van der Waals surface area (Å²) in [6.07, 6.45) is 0.237. The van der Waals surface area contributed by atoms with Crippen molar-refractivity contribution in [3.05, 3.63) is 57.2 Å². The van der Waals surface area contributed by atoms with Crippen LogP contribution < -0.4 is 10.6 Å². The number of amides is 2. The largest absolute Gasteiger partial charge is 0.348 e. The maximum atomic E-state index is 13.1. The molecule has 1 fully saturated rings. The second-order valence-electron chi connectivity index (χ2n) is 6.30. The summed E-state index contributed by atoms with van der Waals surface area (Å²) in [4.78, 5) is 27.5. The Morgan fingerprint density at radius 3 is 2.78 bits per heavy atom. The number of hydrogen-bond donors (Lipinski definition) is 2. The van der Waals surface area contributed by atoms with Crippen molar-refractivity contribution in [2.75, 3.05) is 19.6 Å². The number of rotatable bonds is 5. The second-order valence-corrected chi connectivity index (χ2v) is 7.69. The van der Waals surface area contributed by atoms with E-state index >= 15 is 0 Å². The van der Waals surface area contributed by atoms with E-state index in [4.69, 9.17) is 11.6 Å². The van der Waals surface area contributed by atoms with E-state index in [2.05, 4.69) is 10.6 Å². The fourth-order valence-electron chi connectivity index (χ4n) is 3.28. The van der Waals surface area contributed by atoms with Crippen molar-refractivity contribution in [3.8, 4) is 0 Å². The molecule has 146 valence electrons. The molecule has 0 bridgehead atoms. The normalized spacial score (nSPS) is 17.7. The van der Waals surface area contributed by atoms with Crippen LogP contribution in [0.1, 0.15) is 35.9 Å². The number of carbonyl (C=O) groups is 2. The lowest BCUT2D eigenvalue weighted by Gasteiger charge is -2.37. The summed E-state index contributed by atoms with van der Waals surface area (Å²) >= 11 is 7.90. The third-order valence-electron chi connectivity index (χ3n) is 4.47. The summed E-state index contributed by atoms with van der Waals surface area (Å²) in [7, 11) is 0. The monoisotopic (exact) mass is 427 g/mol. The number of carbonyl (C=O) groups excluding carboxylic acids is 2. The number of piperazine rings is 1. The van der Waals surface area contributed by atoms with Gasteiger partial charge in [-0.25, -0.2) is 0 Å². The molecular weight excluding hydrogens is 405 g/mol. The number of benzene rings is 1. The molecule has 3 rings (SSSR count). The molecule has 2 unspecified atom stereocenters. The molecule has 1 aliphatic rings. The summed E-state index contributed by atoms with van der Waals surface area (Å²) in [5.74, 6) is -0.122. The van der Waals surface area contributed by atoms with Crippen LogP contribution in [0.2, 0.25) is 5.02 Å². The van der Waals surface area contributed by atoms with Crippen molar-refractivity contribution in [1.82, 2.24) is 15.5 Å². The third-order valence-corrected chi connectivity index (χ3v) is 5.80. The molecule has 1 saturated heterocycles. The first-order chi connectivity index (χ1) is 12.6. The minimum atomic E-state index is -0.304. The van der Waals surface area contributed by atoms with Crippen molar-refractivity contribution in [1.29, 1.82) is 0 Å². The Bertz CT molecular complexity index is 770. The first-order valence-corrected chi connectivity index (χ1v) is 9.87. The maximum Gasteiger partial charge on any atom is 0.225 e. The van der Waals surface area contributed by atoms with E-state index in [1.807, 2.05) is 46.7 Å². The Kier molecular flexibility index (Phi) is 8.10. The van der Waals surface area contributed by atoms with Crippen molar-refractivity contribution < 1.29 is 9.59 Å². The zero-order valence-corrected chi connectivity index (χ0v) is 17.4. The molecule has 2 aromatic rings. The first-order valence-electron chi connectivity index (χ1n) is 8.61. The lowest BCUT2D eigenvalue weighted by atomic mass is 10.0. The van der Waals surface area contributed by atoms with Gasteiger partial charge in [0.05, 0.1) is 18.5 Å². The Labute approximate surface area is 174 Å². The van der Waals surface area contributed by atoms with Gasteiger partial charge in [-0.2, -0.15) is 0 Å². The zero-order chi connectivity index (χ0) is 18.5. The van der Waals surface area contributed by atoms with Crippen LogP contribution in [-0.4, -0.2) is 36.3 Å². The molecule has 2 amide bonds. The van der Waals surface area contributed by atoms with E-state index in [1.54, 1.807) is 11.3 Å². The molecule has 0 saturated carbocycles. The van der Waals surface area contributed by atoms with E-state index in [1.165, 1.54) is 6.92 Å². The van der Waals surface area contributed by atoms with Gasteiger partial charge in [0.1, 0.15) is 0 Å². The number of thiophene rings is 1. The molecule has 5 nitrogen and oxygen atoms in total. The fraction of sp³-hybridized carbons (Fsp3) is 0.368. The topological polar surface area (TPSA) is 61.4 Å². The highest BCUT2D eigenvalue weighted by Crippen LogP contribution is 2.30. The number of halogens is 2. The van der Waals surface area contributed by atoms with Crippen LogP contribution in [0.15, 0.2) is 41.8 Å². The van der Waals surface area contributed by atoms with Gasteiger partial charge in [-0.15, -0.1) is 23.7 Å². The van der Waals surface area contributed by atoms with E-state index in [0.29, 0.717) is 18.1 Å². The van der Waals surface area contributed by atoms with E-state index < -0.39 is 0 Å². The summed E-state index contributed by atoms with van der Waals surface area (Å²) in [6.45, 7) is 3.50. The maximum absolute atomic E-state index is 13.1. The van der Waals surface area contributed by atoms with Gasteiger partial charge >= 0.3 is 0 Å². The van der Waals surface area contributed by atoms with E-state index in [0.717, 1.165) is 17.0 Å². The summed E-state index contributed by atoms with van der Waals surface area (Å²) in [5, 5.41) is 8.85. The van der Waals surface area contributed by atoms with Gasteiger partial charge < -0.3 is 15.5 Å². The molecule has 2 atom stereocenters. The predicted octanol–water partition coefficient (Wildman–Crippen LogP) is 3.56. The van der Waals surface area contributed by atoms with Gasteiger partial charge in [0.15, 0.2) is 0 Å². The number of hydrogen-bond acceptors (Lipinski definition) is 4. The molecule has 1 aromatic heterocycles. The van der Waals surface area contributed by atoms with Crippen molar-refractivity contribution in [3.63, 3.8) is 0 Å². The Balaban J connectivity index is 0.00000261. The lowest BCUT2D eigenvalue weighted by molar-refractivity contribution is -0.135. The SMILES string of the molecule is CC(=O)NC(CC(=O)N1CCNCC1c1ccccc1Cl)c1cccs1.Cl. The molecular formula is C19H23Cl2N3O2S. The Morgan fingerprint density at radius 2 is 2.11 bits per heavy atom. The Hall–Kier alpha value is -1.60. The minimum Gasteiger partial charge on any atom is -0.348 e. The van der Waals surface area contributed by atoms with Gasteiger partial charge in [-0.1, -0.05) is 35.9 Å². The third kappa shape index (κ3) is 5.45. The second kappa shape index (κ2) is 10.1. The van der Waals surface area contributed by atoms with Crippen molar-refractivity contribution >= 4 is 47.2 Å². The zero-order valence-electron chi connectivity index (χ0n) is 15.0. The summed E-state index contributed by atoms with van der Waals surface area (Å²) < 4.78 is 0. The molecule has 2 heterocycles. The van der Waals surface area contributed by atoms with Gasteiger partial charge in [-0.05, 0) is 23.1 Å². The van der Waals surface area contributed by atoms with Crippen LogP contribution >= 0.6 is 35.3 Å². The summed E-state index contributed by atoms with van der Waals surface area (Å²) in [6, 6.07) is 11.1. The van der Waals surface area contributed by atoms with Crippen LogP contribution in [0.4, 0.5) is 0 Å². The van der Waals surface area contributed by atoms with Crippen LogP contribution in [0, 0.1) is 0 Å². The smallest absolute Gasteiger partial charge is 0.225 e. The van der Waals surface area contributed by atoms with Crippen molar-refractivity contribution in [2.24, 2.45) is 0 Å². The molecule has 0 radical (unpaired) electrons. The average molecular weight is 428 g/mol. The highest BCUT2D eigenvalue weighted by atomic mass is 35.5. The highest BCUT2D eigenvalue weighted by Gasteiger charge is 2.31. The first kappa shape index (κ1) is 21.7. The van der Waals surface area contributed by atoms with E-state index in [9.17, 15) is 9.59 Å². The highest BCUT2D eigenvalue weighted by molar-refractivity contribution is 7.10. The standard InChI is InChI=1S/C19H22ClN3O2S.ClH/c1-13(24)22-16(18-7-4-10-26-18)11-19(25)23-9-8-21-12-17(23)14-5-2-3-6-15(14)20;/h2-7,10,16-17,21H,8-9,11-12H2,1H3,(H,22,24);1H. The molecule has 0 spiro atoms. The molecule has 8 heteroatoms. The van der Waals surface area contributed by atoms with Gasteiger partial charge in [-0.3, -0.25) is 9.59 Å². The van der Waals surface area contributed by atoms with Gasteiger partial charge in [0.2, 0.25) is 11.8 Å². The quantitative estimate of drug-likeness (QED) is 0.766. The van der Waals surface area contributed by atoms with Gasteiger partial charge in [0.25, 0.3) is 0 Å². The predicted molar refractivity (Wildman–Crippen MR) is 112 cm³/mol. The molecule has 27 heavy (non-hydrogen) atoms. The molecule has 2 N–H and O–H groups in total.